The predicted octanol–water partition coefficient (Wildman–Crippen LogP) is 2.69. The zero-order valence-corrected chi connectivity index (χ0v) is 14.4. The Balaban J connectivity index is 1.90. The third kappa shape index (κ3) is 3.60. The molecule has 1 aliphatic rings. The second-order valence-corrected chi connectivity index (χ2v) is 6.34. The van der Waals surface area contributed by atoms with Crippen LogP contribution in [0, 0.1) is 0 Å². The van der Waals surface area contributed by atoms with Crippen molar-refractivity contribution in [1.82, 2.24) is 14.7 Å². The molecule has 0 aliphatic heterocycles. The summed E-state index contributed by atoms with van der Waals surface area (Å²) in [6, 6.07) is 4.06. The number of methoxy groups -OCH3 is 2. The molecule has 0 atom stereocenters. The second kappa shape index (κ2) is 7.77. The summed E-state index contributed by atoms with van der Waals surface area (Å²) in [6.45, 7) is 0.857. The van der Waals surface area contributed by atoms with Crippen LogP contribution in [0.2, 0.25) is 0 Å². The number of amides is 1. The monoisotopic (exact) mass is 331 g/mol. The molecule has 1 saturated carbocycles. The Kier molecular flexibility index (Phi) is 5.48. The first-order valence-corrected chi connectivity index (χ1v) is 8.51. The zero-order valence-electron chi connectivity index (χ0n) is 14.4. The summed E-state index contributed by atoms with van der Waals surface area (Å²) >= 11 is 0. The van der Waals surface area contributed by atoms with Gasteiger partial charge in [0.1, 0.15) is 5.65 Å². The molecule has 130 valence electrons. The Morgan fingerprint density at radius 1 is 1.25 bits per heavy atom. The van der Waals surface area contributed by atoms with Crippen molar-refractivity contribution in [2.24, 2.45) is 0 Å². The second-order valence-electron chi connectivity index (χ2n) is 6.34. The van der Waals surface area contributed by atoms with Crippen molar-refractivity contribution in [2.75, 3.05) is 14.2 Å². The van der Waals surface area contributed by atoms with Gasteiger partial charge in [-0.3, -0.25) is 4.79 Å². The Morgan fingerprint density at radius 3 is 2.71 bits per heavy atom. The van der Waals surface area contributed by atoms with Crippen molar-refractivity contribution in [3.63, 3.8) is 0 Å². The van der Waals surface area contributed by atoms with Crippen LogP contribution in [0.5, 0.6) is 0 Å². The molecule has 2 heterocycles. The van der Waals surface area contributed by atoms with Crippen LogP contribution in [0.4, 0.5) is 0 Å². The first-order valence-electron chi connectivity index (χ1n) is 8.51. The molecule has 1 fully saturated rings. The van der Waals surface area contributed by atoms with E-state index in [0.717, 1.165) is 24.2 Å². The topological polar surface area (TPSA) is 64.9 Å². The standard InChI is InChI=1S/C18H25N3O3/c1-23-11-14-10-15(12-24-2)21-9-8-16(17(21)19-14)18(22)20-13-6-4-3-5-7-13/h8-10,13H,3-7,11-12H2,1-2H3,(H,20,22). The molecule has 0 bridgehead atoms. The minimum Gasteiger partial charge on any atom is -0.378 e. The number of hydrogen-bond acceptors (Lipinski definition) is 4. The maximum atomic E-state index is 12.7. The number of ether oxygens (including phenoxy) is 2. The predicted molar refractivity (Wildman–Crippen MR) is 91.0 cm³/mol. The van der Waals surface area contributed by atoms with E-state index in [2.05, 4.69) is 10.3 Å². The molecule has 0 unspecified atom stereocenters. The lowest BCUT2D eigenvalue weighted by atomic mass is 9.95. The molecule has 0 spiro atoms. The highest BCUT2D eigenvalue weighted by atomic mass is 16.5. The van der Waals surface area contributed by atoms with E-state index in [1.807, 2.05) is 22.7 Å². The van der Waals surface area contributed by atoms with Crippen LogP contribution in [-0.4, -0.2) is 35.6 Å². The fraction of sp³-hybridized carbons (Fsp3) is 0.556. The van der Waals surface area contributed by atoms with E-state index in [4.69, 9.17) is 9.47 Å². The first-order chi connectivity index (χ1) is 11.7. The van der Waals surface area contributed by atoms with Crippen molar-refractivity contribution in [2.45, 2.75) is 51.4 Å². The van der Waals surface area contributed by atoms with Crippen LogP contribution in [-0.2, 0) is 22.7 Å². The van der Waals surface area contributed by atoms with Gasteiger partial charge in [-0.05, 0) is 25.0 Å². The van der Waals surface area contributed by atoms with Crippen LogP contribution in [0.25, 0.3) is 5.65 Å². The highest BCUT2D eigenvalue weighted by Crippen LogP contribution is 2.20. The highest BCUT2D eigenvalue weighted by molar-refractivity contribution is 6.00. The molecular formula is C18H25N3O3. The van der Waals surface area contributed by atoms with E-state index in [1.54, 1.807) is 14.2 Å². The van der Waals surface area contributed by atoms with Gasteiger partial charge in [0.25, 0.3) is 5.91 Å². The summed E-state index contributed by atoms with van der Waals surface area (Å²) in [4.78, 5) is 17.3. The molecule has 1 aliphatic carbocycles. The normalized spacial score (nSPS) is 15.8. The van der Waals surface area contributed by atoms with Gasteiger partial charge in [0.15, 0.2) is 0 Å². The van der Waals surface area contributed by atoms with E-state index in [-0.39, 0.29) is 11.9 Å². The molecule has 1 amide bonds. The third-order valence-electron chi connectivity index (χ3n) is 4.52. The molecule has 1 N–H and O–H groups in total. The number of carbonyl (C=O) groups is 1. The van der Waals surface area contributed by atoms with E-state index in [0.29, 0.717) is 24.4 Å². The van der Waals surface area contributed by atoms with Crippen LogP contribution in [0.3, 0.4) is 0 Å². The first kappa shape index (κ1) is 16.9. The van der Waals surface area contributed by atoms with Crippen molar-refractivity contribution in [3.05, 3.63) is 35.3 Å². The van der Waals surface area contributed by atoms with Crippen LogP contribution < -0.4 is 5.32 Å². The van der Waals surface area contributed by atoms with Crippen molar-refractivity contribution in [3.8, 4) is 0 Å². The Labute approximate surface area is 142 Å². The van der Waals surface area contributed by atoms with Crippen molar-refractivity contribution >= 4 is 11.6 Å². The van der Waals surface area contributed by atoms with Gasteiger partial charge >= 0.3 is 0 Å². The minimum absolute atomic E-state index is 0.0465. The number of aromatic nitrogens is 2. The maximum absolute atomic E-state index is 12.7. The number of rotatable bonds is 6. The summed E-state index contributed by atoms with van der Waals surface area (Å²) in [5.41, 5.74) is 3.01. The number of carbonyl (C=O) groups excluding carboxylic acids is 1. The summed E-state index contributed by atoms with van der Waals surface area (Å²) in [7, 11) is 3.29. The third-order valence-corrected chi connectivity index (χ3v) is 4.52. The largest absolute Gasteiger partial charge is 0.378 e. The number of fused-ring (bicyclic) bond motifs is 1. The van der Waals surface area contributed by atoms with Gasteiger partial charge in [0.05, 0.1) is 30.2 Å². The van der Waals surface area contributed by atoms with Gasteiger partial charge in [0.2, 0.25) is 0 Å². The lowest BCUT2D eigenvalue weighted by Gasteiger charge is -2.22. The van der Waals surface area contributed by atoms with Gasteiger partial charge in [-0.2, -0.15) is 0 Å². The zero-order chi connectivity index (χ0) is 16.9. The number of nitrogens with one attached hydrogen (secondary N) is 1. The van der Waals surface area contributed by atoms with Crippen LogP contribution >= 0.6 is 0 Å². The van der Waals surface area contributed by atoms with Crippen molar-refractivity contribution in [1.29, 1.82) is 0 Å². The summed E-state index contributed by atoms with van der Waals surface area (Å²) in [5, 5.41) is 3.16. The molecular weight excluding hydrogens is 306 g/mol. The summed E-state index contributed by atoms with van der Waals surface area (Å²) in [6.07, 6.45) is 7.65. The molecule has 2 aromatic heterocycles. The average Bonchev–Trinajstić information content (AvgIpc) is 3.00. The number of nitrogens with zero attached hydrogens (tertiary/aromatic N) is 2. The molecule has 6 nitrogen and oxygen atoms in total. The average molecular weight is 331 g/mol. The van der Waals surface area contributed by atoms with E-state index < -0.39 is 0 Å². The van der Waals surface area contributed by atoms with Gasteiger partial charge in [-0.15, -0.1) is 0 Å². The van der Waals surface area contributed by atoms with Crippen molar-refractivity contribution < 1.29 is 14.3 Å². The molecule has 2 aromatic rings. The molecule has 24 heavy (non-hydrogen) atoms. The van der Waals surface area contributed by atoms with E-state index >= 15 is 0 Å². The fourth-order valence-electron chi connectivity index (χ4n) is 3.37. The smallest absolute Gasteiger partial charge is 0.255 e. The minimum atomic E-state index is -0.0465. The Morgan fingerprint density at radius 2 is 2.00 bits per heavy atom. The molecule has 3 rings (SSSR count). The molecule has 0 radical (unpaired) electrons. The van der Waals surface area contributed by atoms with Gasteiger partial charge < -0.3 is 19.2 Å². The summed E-state index contributed by atoms with van der Waals surface area (Å²) < 4.78 is 12.4. The lowest BCUT2D eigenvalue weighted by Crippen LogP contribution is -2.36. The Bertz CT molecular complexity index is 705. The molecule has 0 aromatic carbocycles. The van der Waals surface area contributed by atoms with Gasteiger partial charge in [-0.25, -0.2) is 4.98 Å². The molecule has 6 heteroatoms. The summed E-state index contributed by atoms with van der Waals surface area (Å²) in [5.74, 6) is -0.0465. The highest BCUT2D eigenvalue weighted by Gasteiger charge is 2.20. The van der Waals surface area contributed by atoms with Gasteiger partial charge in [-0.1, -0.05) is 19.3 Å². The lowest BCUT2D eigenvalue weighted by molar-refractivity contribution is 0.0929. The van der Waals surface area contributed by atoms with Crippen LogP contribution in [0.1, 0.15) is 53.8 Å². The Hall–Kier alpha value is -1.92. The fourth-order valence-corrected chi connectivity index (χ4v) is 3.37. The van der Waals surface area contributed by atoms with Gasteiger partial charge in [0, 0.05) is 26.5 Å². The van der Waals surface area contributed by atoms with Crippen LogP contribution in [0.15, 0.2) is 18.3 Å². The van der Waals surface area contributed by atoms with E-state index in [9.17, 15) is 4.79 Å². The maximum Gasteiger partial charge on any atom is 0.255 e. The number of hydrogen-bond donors (Lipinski definition) is 1. The SMILES string of the molecule is COCc1cc(COC)n2ccc(C(=O)NC3CCCCC3)c2n1. The molecule has 0 saturated heterocycles. The quantitative estimate of drug-likeness (QED) is 0.884. The van der Waals surface area contributed by atoms with E-state index in [1.165, 1.54) is 19.3 Å².